The molecule has 0 radical (unpaired) electrons. The number of sulfonamides is 1. The molecule has 1 amide bonds. The second kappa shape index (κ2) is 10.1. The van der Waals surface area contributed by atoms with Gasteiger partial charge in [0.2, 0.25) is 15.9 Å². The van der Waals surface area contributed by atoms with Gasteiger partial charge in [0.05, 0.1) is 17.9 Å². The van der Waals surface area contributed by atoms with Crippen LogP contribution in [0.3, 0.4) is 0 Å². The maximum Gasteiger partial charge on any atom is 0.243 e. The zero-order valence-corrected chi connectivity index (χ0v) is 18.5. The Labute approximate surface area is 179 Å². The molecular formula is C23H30N2O4S. The van der Waals surface area contributed by atoms with Gasteiger partial charge in [-0.3, -0.25) is 4.79 Å². The molecule has 1 atom stereocenters. The summed E-state index contributed by atoms with van der Waals surface area (Å²) < 4.78 is 32.5. The Hall–Kier alpha value is -2.38. The van der Waals surface area contributed by atoms with Gasteiger partial charge in [-0.2, -0.15) is 4.31 Å². The van der Waals surface area contributed by atoms with Crippen LogP contribution in [0.2, 0.25) is 0 Å². The monoisotopic (exact) mass is 430 g/mol. The van der Waals surface area contributed by atoms with Crippen LogP contribution in [0.5, 0.6) is 5.75 Å². The minimum Gasteiger partial charge on any atom is -0.497 e. The lowest BCUT2D eigenvalue weighted by molar-refractivity contribution is -0.126. The first-order valence-corrected chi connectivity index (χ1v) is 11.8. The van der Waals surface area contributed by atoms with Crippen molar-refractivity contribution in [3.8, 4) is 5.75 Å². The molecular weight excluding hydrogens is 400 g/mol. The molecule has 0 aliphatic carbocycles. The van der Waals surface area contributed by atoms with Gasteiger partial charge < -0.3 is 10.1 Å². The zero-order valence-electron chi connectivity index (χ0n) is 17.6. The van der Waals surface area contributed by atoms with Crippen molar-refractivity contribution in [2.24, 2.45) is 5.92 Å². The molecule has 0 aromatic heterocycles. The van der Waals surface area contributed by atoms with Crippen LogP contribution in [0.4, 0.5) is 0 Å². The van der Waals surface area contributed by atoms with E-state index in [0.29, 0.717) is 25.9 Å². The van der Waals surface area contributed by atoms with Gasteiger partial charge in [-0.25, -0.2) is 8.42 Å². The summed E-state index contributed by atoms with van der Waals surface area (Å²) in [6, 6.07) is 14.8. The van der Waals surface area contributed by atoms with Gasteiger partial charge in [0.25, 0.3) is 0 Å². The molecule has 1 fully saturated rings. The van der Waals surface area contributed by atoms with Gasteiger partial charge >= 0.3 is 0 Å². The summed E-state index contributed by atoms with van der Waals surface area (Å²) in [5, 5.41) is 2.98. The van der Waals surface area contributed by atoms with Crippen molar-refractivity contribution in [3.63, 3.8) is 0 Å². The van der Waals surface area contributed by atoms with Crippen LogP contribution in [0.15, 0.2) is 53.4 Å². The van der Waals surface area contributed by atoms with E-state index in [1.165, 1.54) is 4.31 Å². The van der Waals surface area contributed by atoms with E-state index in [1.54, 1.807) is 31.4 Å². The minimum atomic E-state index is -3.57. The lowest BCUT2D eigenvalue weighted by Gasteiger charge is -2.31. The summed E-state index contributed by atoms with van der Waals surface area (Å²) in [5.74, 6) is 0.453. The number of nitrogens with one attached hydrogen (secondary N) is 1. The first-order valence-electron chi connectivity index (χ1n) is 10.4. The smallest absolute Gasteiger partial charge is 0.243 e. The highest BCUT2D eigenvalue weighted by molar-refractivity contribution is 7.89. The fourth-order valence-electron chi connectivity index (χ4n) is 3.71. The van der Waals surface area contributed by atoms with Gasteiger partial charge in [0.15, 0.2) is 0 Å². The molecule has 1 saturated heterocycles. The molecule has 0 bridgehead atoms. The van der Waals surface area contributed by atoms with Crippen LogP contribution in [-0.2, 0) is 21.2 Å². The predicted octanol–water partition coefficient (Wildman–Crippen LogP) is 3.15. The van der Waals surface area contributed by atoms with E-state index in [0.717, 1.165) is 29.7 Å². The highest BCUT2D eigenvalue weighted by atomic mass is 32.2. The molecule has 1 N–H and O–H groups in total. The Morgan fingerprint density at radius 2 is 1.97 bits per heavy atom. The molecule has 1 heterocycles. The van der Waals surface area contributed by atoms with Crippen molar-refractivity contribution in [1.82, 2.24) is 9.62 Å². The highest BCUT2D eigenvalue weighted by Crippen LogP contribution is 2.24. The summed E-state index contributed by atoms with van der Waals surface area (Å²) in [4.78, 5) is 12.9. The normalized spacial score (nSPS) is 17.5. The third-order valence-electron chi connectivity index (χ3n) is 5.49. The zero-order chi connectivity index (χ0) is 21.6. The second-order valence-corrected chi connectivity index (χ2v) is 9.70. The fraction of sp³-hybridized carbons (Fsp3) is 0.435. The maximum atomic E-state index is 12.9. The molecule has 7 heteroatoms. The Bertz CT molecular complexity index is 957. The van der Waals surface area contributed by atoms with E-state index in [2.05, 4.69) is 5.32 Å². The van der Waals surface area contributed by atoms with Crippen LogP contribution in [0.1, 0.15) is 30.4 Å². The molecule has 1 unspecified atom stereocenters. The number of aryl methyl sites for hydroxylation is 2. The molecule has 0 saturated carbocycles. The molecule has 1 aliphatic heterocycles. The molecule has 2 aromatic rings. The van der Waals surface area contributed by atoms with E-state index in [1.807, 2.05) is 31.2 Å². The van der Waals surface area contributed by atoms with Gasteiger partial charge in [-0.1, -0.05) is 29.8 Å². The maximum absolute atomic E-state index is 12.9. The Morgan fingerprint density at radius 1 is 1.20 bits per heavy atom. The number of hydrogen-bond donors (Lipinski definition) is 1. The number of piperidine rings is 1. The summed E-state index contributed by atoms with van der Waals surface area (Å²) >= 11 is 0. The Kier molecular flexibility index (Phi) is 7.50. The highest BCUT2D eigenvalue weighted by Gasteiger charge is 2.33. The van der Waals surface area contributed by atoms with Crippen LogP contribution < -0.4 is 10.1 Å². The Balaban J connectivity index is 1.50. The number of ether oxygens (including phenoxy) is 1. The van der Waals surface area contributed by atoms with Crippen molar-refractivity contribution in [1.29, 1.82) is 0 Å². The third-order valence-corrected chi connectivity index (χ3v) is 7.37. The molecule has 1 aliphatic rings. The van der Waals surface area contributed by atoms with Crippen LogP contribution in [-0.4, -0.2) is 45.4 Å². The van der Waals surface area contributed by atoms with E-state index < -0.39 is 10.0 Å². The summed E-state index contributed by atoms with van der Waals surface area (Å²) in [7, 11) is -1.93. The standard InChI is InChI=1S/C23H30N2O4S/c1-18-10-12-22(13-11-18)30(27,28)25-15-5-8-20(17-25)23(26)24-14-4-7-19-6-3-9-21(16-19)29-2/h3,6,9-13,16,20H,4-5,7-8,14-15,17H2,1-2H3,(H,24,26). The van der Waals surface area contributed by atoms with Crippen molar-refractivity contribution in [3.05, 3.63) is 59.7 Å². The molecule has 3 rings (SSSR count). The van der Waals surface area contributed by atoms with Crippen molar-refractivity contribution >= 4 is 15.9 Å². The summed E-state index contributed by atoms with van der Waals surface area (Å²) in [6.07, 6.45) is 3.06. The average Bonchev–Trinajstić information content (AvgIpc) is 2.77. The predicted molar refractivity (Wildman–Crippen MR) is 117 cm³/mol. The van der Waals surface area contributed by atoms with Crippen molar-refractivity contribution in [2.75, 3.05) is 26.7 Å². The van der Waals surface area contributed by atoms with Crippen molar-refractivity contribution in [2.45, 2.75) is 37.5 Å². The third kappa shape index (κ3) is 5.61. The largest absolute Gasteiger partial charge is 0.497 e. The second-order valence-electron chi connectivity index (χ2n) is 7.76. The van der Waals surface area contributed by atoms with Gasteiger partial charge in [0, 0.05) is 19.6 Å². The van der Waals surface area contributed by atoms with Crippen LogP contribution in [0.25, 0.3) is 0 Å². The quantitative estimate of drug-likeness (QED) is 0.653. The number of benzene rings is 2. The van der Waals surface area contributed by atoms with Gasteiger partial charge in [-0.15, -0.1) is 0 Å². The summed E-state index contributed by atoms with van der Waals surface area (Å²) in [5.41, 5.74) is 2.18. The fourth-order valence-corrected chi connectivity index (χ4v) is 5.23. The number of carbonyl (C=O) groups excluding carboxylic acids is 1. The number of nitrogens with zero attached hydrogens (tertiary/aromatic N) is 1. The minimum absolute atomic E-state index is 0.0653. The van der Waals surface area contributed by atoms with E-state index in [9.17, 15) is 13.2 Å². The number of amides is 1. The molecule has 0 spiro atoms. The van der Waals surface area contributed by atoms with E-state index in [-0.39, 0.29) is 23.3 Å². The first-order chi connectivity index (χ1) is 14.4. The number of rotatable bonds is 8. The van der Waals surface area contributed by atoms with Crippen molar-refractivity contribution < 1.29 is 17.9 Å². The van der Waals surface area contributed by atoms with Crippen LogP contribution in [0, 0.1) is 12.8 Å². The molecule has 30 heavy (non-hydrogen) atoms. The summed E-state index contributed by atoms with van der Waals surface area (Å²) in [6.45, 7) is 3.18. The van der Waals surface area contributed by atoms with Gasteiger partial charge in [0.1, 0.15) is 5.75 Å². The van der Waals surface area contributed by atoms with Gasteiger partial charge in [-0.05, 0) is 62.4 Å². The number of hydrogen-bond acceptors (Lipinski definition) is 4. The van der Waals surface area contributed by atoms with Crippen LogP contribution >= 0.6 is 0 Å². The average molecular weight is 431 g/mol. The number of methoxy groups -OCH3 is 1. The molecule has 6 nitrogen and oxygen atoms in total. The lowest BCUT2D eigenvalue weighted by atomic mass is 9.99. The van der Waals surface area contributed by atoms with E-state index in [4.69, 9.17) is 4.74 Å². The molecule has 2 aromatic carbocycles. The lowest BCUT2D eigenvalue weighted by Crippen LogP contribution is -2.45. The van der Waals surface area contributed by atoms with E-state index >= 15 is 0 Å². The first kappa shape index (κ1) is 22.3. The topological polar surface area (TPSA) is 75.7 Å². The Morgan fingerprint density at radius 3 is 2.70 bits per heavy atom. The SMILES string of the molecule is COc1cccc(CCCNC(=O)C2CCCN(S(=O)(=O)c3ccc(C)cc3)C2)c1. The number of carbonyl (C=O) groups is 1. The molecule has 162 valence electrons.